The van der Waals surface area contributed by atoms with Crippen molar-refractivity contribution in [3.8, 4) is 11.1 Å². The molecule has 0 spiro atoms. The summed E-state index contributed by atoms with van der Waals surface area (Å²) in [6.07, 6.45) is 2.23. The van der Waals surface area contributed by atoms with Crippen LogP contribution in [0.1, 0.15) is 33.7 Å². The maximum Gasteiger partial charge on any atom is 0.407 e. The second-order valence-electron chi connectivity index (χ2n) is 8.01. The number of anilines is 1. The Kier molecular flexibility index (Phi) is 6.44. The second kappa shape index (κ2) is 8.71. The Morgan fingerprint density at radius 2 is 2.10 bits per heavy atom. The zero-order valence-corrected chi connectivity index (χ0v) is 17.5. The number of carbonyl (C=O) groups excluding carboxylic acids is 1. The van der Waals surface area contributed by atoms with Gasteiger partial charge in [0.1, 0.15) is 16.9 Å². The molecule has 1 aliphatic rings. The Labute approximate surface area is 177 Å². The van der Waals surface area contributed by atoms with Gasteiger partial charge in [0.25, 0.3) is 0 Å². The van der Waals surface area contributed by atoms with Gasteiger partial charge in [-0.3, -0.25) is 0 Å². The van der Waals surface area contributed by atoms with Crippen LogP contribution in [0.5, 0.6) is 0 Å². The van der Waals surface area contributed by atoms with Crippen LogP contribution in [0, 0.1) is 0 Å². The van der Waals surface area contributed by atoms with E-state index < -0.39 is 30.5 Å². The number of hydrogen-bond donors (Lipinski definition) is 1. The Hall–Kier alpha value is -2.49. The summed E-state index contributed by atoms with van der Waals surface area (Å²) >= 11 is 6.03. The maximum absolute atomic E-state index is 14.8. The minimum Gasteiger partial charge on any atom is -0.444 e. The molecule has 0 aromatic carbocycles. The van der Waals surface area contributed by atoms with Crippen molar-refractivity contribution in [3.63, 3.8) is 0 Å². The fourth-order valence-corrected chi connectivity index (χ4v) is 3.39. The van der Waals surface area contributed by atoms with Crippen LogP contribution < -0.4 is 10.2 Å². The van der Waals surface area contributed by atoms with Crippen LogP contribution in [0.3, 0.4) is 0 Å². The number of aromatic nitrogens is 3. The monoisotopic (exact) mass is 445 g/mol. The van der Waals surface area contributed by atoms with E-state index in [2.05, 4.69) is 15.4 Å². The molecular formula is C19H23ClF3N5O2. The molecular weight excluding hydrogens is 423 g/mol. The number of piperidine rings is 1. The first kappa shape index (κ1) is 22.2. The number of amides is 1. The quantitative estimate of drug-likeness (QED) is 0.704. The van der Waals surface area contributed by atoms with Crippen molar-refractivity contribution in [3.05, 3.63) is 29.8 Å². The predicted octanol–water partition coefficient (Wildman–Crippen LogP) is 4.44. The summed E-state index contributed by atoms with van der Waals surface area (Å²) in [6.45, 7) is 2.81. The number of rotatable bonds is 4. The van der Waals surface area contributed by atoms with E-state index >= 15 is 0 Å². The largest absolute Gasteiger partial charge is 0.444 e. The average Bonchev–Trinajstić information content (AvgIpc) is 3.12. The number of nitrogens with one attached hydrogen (secondary N) is 1. The highest BCUT2D eigenvalue weighted by atomic mass is 35.5. The maximum atomic E-state index is 14.8. The highest BCUT2D eigenvalue weighted by Crippen LogP contribution is 2.34. The van der Waals surface area contributed by atoms with E-state index in [0.717, 1.165) is 0 Å². The number of carbonyl (C=O) groups is 1. The first-order valence-corrected chi connectivity index (χ1v) is 9.78. The molecule has 1 saturated heterocycles. The molecule has 2 aromatic heterocycles. The van der Waals surface area contributed by atoms with Gasteiger partial charge in [-0.2, -0.15) is 13.9 Å². The van der Waals surface area contributed by atoms with Gasteiger partial charge >= 0.3 is 12.6 Å². The van der Waals surface area contributed by atoms with E-state index in [4.69, 9.17) is 16.3 Å². The number of ether oxygens (including phenoxy) is 1. The third-order valence-electron chi connectivity index (χ3n) is 4.55. The number of alkyl halides is 3. The molecule has 164 valence electrons. The molecule has 0 saturated carbocycles. The molecule has 3 heterocycles. The van der Waals surface area contributed by atoms with Crippen LogP contribution in [0.25, 0.3) is 11.1 Å². The molecule has 7 nitrogen and oxygen atoms in total. The van der Waals surface area contributed by atoms with Gasteiger partial charge < -0.3 is 15.0 Å². The molecule has 0 bridgehead atoms. The van der Waals surface area contributed by atoms with Gasteiger partial charge in [0.2, 0.25) is 0 Å². The van der Waals surface area contributed by atoms with Crippen molar-refractivity contribution in [1.29, 1.82) is 0 Å². The molecule has 2 aromatic rings. The molecule has 2 atom stereocenters. The van der Waals surface area contributed by atoms with Gasteiger partial charge in [0, 0.05) is 35.8 Å². The van der Waals surface area contributed by atoms with Crippen LogP contribution in [0.15, 0.2) is 24.7 Å². The zero-order valence-electron chi connectivity index (χ0n) is 16.8. The van der Waals surface area contributed by atoms with Crippen molar-refractivity contribution in [2.45, 2.75) is 51.6 Å². The Bertz CT molecular complexity index is 903. The van der Waals surface area contributed by atoms with Gasteiger partial charge in [-0.15, -0.1) is 0 Å². The van der Waals surface area contributed by atoms with Crippen LogP contribution in [0.2, 0.25) is 5.15 Å². The van der Waals surface area contributed by atoms with Crippen LogP contribution >= 0.6 is 11.6 Å². The van der Waals surface area contributed by atoms with Crippen molar-refractivity contribution < 1.29 is 22.7 Å². The van der Waals surface area contributed by atoms with Gasteiger partial charge in [-0.25, -0.2) is 18.9 Å². The van der Waals surface area contributed by atoms with E-state index in [1.165, 1.54) is 18.6 Å². The number of alkyl carbamates (subject to hydrolysis) is 1. The van der Waals surface area contributed by atoms with Crippen molar-refractivity contribution in [1.82, 2.24) is 20.1 Å². The molecule has 1 N–H and O–H groups in total. The van der Waals surface area contributed by atoms with E-state index in [1.807, 2.05) is 0 Å². The molecule has 0 unspecified atom stereocenters. The highest BCUT2D eigenvalue weighted by molar-refractivity contribution is 6.29. The standard InChI is InChI=1S/C19H23ClF3N5O2/c1-19(2,3)30-18(29)26-14-4-5-27(10-13(14)21)15-6-16(20)24-8-12(15)11-7-25-28(9-11)17(22)23/h6-9,13-14,17H,4-5,10H2,1-3H3,(H,26,29)/t13-,14+/m0/s1. The molecule has 11 heteroatoms. The molecule has 1 amide bonds. The SMILES string of the molecule is CC(C)(C)OC(=O)N[C@@H]1CCN(c2cc(Cl)ncc2-c2cnn(C(F)F)c2)C[C@@H]1F. The predicted molar refractivity (Wildman–Crippen MR) is 107 cm³/mol. The summed E-state index contributed by atoms with van der Waals surface area (Å²) in [7, 11) is 0. The van der Waals surface area contributed by atoms with Crippen LogP contribution in [-0.2, 0) is 4.74 Å². The Morgan fingerprint density at radius 1 is 1.37 bits per heavy atom. The molecule has 0 aliphatic carbocycles. The first-order valence-electron chi connectivity index (χ1n) is 9.40. The van der Waals surface area contributed by atoms with Crippen LogP contribution in [0.4, 0.5) is 23.7 Å². The van der Waals surface area contributed by atoms with E-state index in [0.29, 0.717) is 34.5 Å². The van der Waals surface area contributed by atoms with Gasteiger partial charge in [-0.1, -0.05) is 11.6 Å². The number of hydrogen-bond acceptors (Lipinski definition) is 5. The highest BCUT2D eigenvalue weighted by Gasteiger charge is 2.33. The molecule has 30 heavy (non-hydrogen) atoms. The van der Waals surface area contributed by atoms with Crippen molar-refractivity contribution in [2.24, 2.45) is 0 Å². The smallest absolute Gasteiger partial charge is 0.407 e. The molecule has 1 aliphatic heterocycles. The fraction of sp³-hybridized carbons (Fsp3) is 0.526. The third kappa shape index (κ3) is 5.35. The topological polar surface area (TPSA) is 72.3 Å². The lowest BCUT2D eigenvalue weighted by atomic mass is 10.0. The first-order chi connectivity index (χ1) is 14.0. The normalized spacial score (nSPS) is 19.8. The molecule has 0 radical (unpaired) electrons. The summed E-state index contributed by atoms with van der Waals surface area (Å²) < 4.78 is 46.3. The second-order valence-corrected chi connectivity index (χ2v) is 8.40. The summed E-state index contributed by atoms with van der Waals surface area (Å²) in [4.78, 5) is 17.7. The average molecular weight is 446 g/mol. The van der Waals surface area contributed by atoms with E-state index in [9.17, 15) is 18.0 Å². The number of nitrogens with zero attached hydrogens (tertiary/aromatic N) is 4. The van der Waals surface area contributed by atoms with Gasteiger partial charge in [0.05, 0.1) is 18.8 Å². The Morgan fingerprint density at radius 3 is 2.70 bits per heavy atom. The zero-order chi connectivity index (χ0) is 22.1. The lowest BCUT2D eigenvalue weighted by Crippen LogP contribution is -2.53. The summed E-state index contributed by atoms with van der Waals surface area (Å²) in [5.41, 5.74) is 0.806. The Balaban J connectivity index is 1.76. The molecule has 1 fully saturated rings. The summed E-state index contributed by atoms with van der Waals surface area (Å²) in [5.74, 6) is 0. The lowest BCUT2D eigenvalue weighted by molar-refractivity contribution is 0.0463. The van der Waals surface area contributed by atoms with Crippen molar-refractivity contribution in [2.75, 3.05) is 18.0 Å². The van der Waals surface area contributed by atoms with Gasteiger partial charge in [-0.05, 0) is 33.3 Å². The number of halogens is 4. The van der Waals surface area contributed by atoms with Gasteiger partial charge in [0.15, 0.2) is 0 Å². The van der Waals surface area contributed by atoms with E-state index in [1.54, 1.807) is 31.7 Å². The third-order valence-corrected chi connectivity index (χ3v) is 4.75. The fourth-order valence-electron chi connectivity index (χ4n) is 3.23. The van der Waals surface area contributed by atoms with Crippen molar-refractivity contribution >= 4 is 23.4 Å². The van der Waals surface area contributed by atoms with E-state index in [-0.39, 0.29) is 11.7 Å². The lowest BCUT2D eigenvalue weighted by Gasteiger charge is -2.37. The number of pyridine rings is 1. The molecule has 3 rings (SSSR count). The summed E-state index contributed by atoms with van der Waals surface area (Å²) in [6, 6.07) is 0.865. The minimum atomic E-state index is -2.77. The summed E-state index contributed by atoms with van der Waals surface area (Å²) in [5, 5.41) is 6.41. The van der Waals surface area contributed by atoms with Crippen LogP contribution in [-0.4, -0.2) is 51.8 Å². The minimum absolute atomic E-state index is 0.0171.